The van der Waals surface area contributed by atoms with E-state index in [1.165, 1.54) is 25.7 Å². The van der Waals surface area contributed by atoms with Crippen molar-refractivity contribution in [3.05, 3.63) is 36.5 Å². The van der Waals surface area contributed by atoms with Crippen molar-refractivity contribution in [3.63, 3.8) is 0 Å². The Bertz CT molecular complexity index is 517. The van der Waals surface area contributed by atoms with E-state index in [9.17, 15) is 4.57 Å². The summed E-state index contributed by atoms with van der Waals surface area (Å²) in [7, 11) is -4.44. The molecule has 8 heteroatoms. The van der Waals surface area contributed by atoms with Crippen LogP contribution in [0.15, 0.2) is 36.5 Å². The van der Waals surface area contributed by atoms with Crippen LogP contribution in [-0.4, -0.2) is 86.8 Å². The first-order valence-corrected chi connectivity index (χ1v) is 11.9. The maximum absolute atomic E-state index is 10.7. The van der Waals surface area contributed by atoms with Gasteiger partial charge < -0.3 is 19.3 Å². The van der Waals surface area contributed by atoms with Crippen LogP contribution >= 0.6 is 7.82 Å². The van der Waals surface area contributed by atoms with Crippen molar-refractivity contribution in [1.82, 2.24) is 0 Å². The Kier molecular flexibility index (Phi) is 20.2. The number of ether oxygens (including phenoxy) is 2. The van der Waals surface area contributed by atoms with Gasteiger partial charge in [-0.3, -0.25) is 4.52 Å². The molecule has 1 radical (unpaired) electrons. The molecule has 0 bridgehead atoms. The van der Waals surface area contributed by atoms with Crippen LogP contribution < -0.4 is 0 Å². The summed E-state index contributed by atoms with van der Waals surface area (Å²) < 4.78 is 26.2. The summed E-state index contributed by atoms with van der Waals surface area (Å²) in [6, 6.07) is 0. The van der Waals surface area contributed by atoms with Crippen molar-refractivity contribution in [3.8, 4) is 0 Å². The van der Waals surface area contributed by atoms with Gasteiger partial charge in [0, 0.05) is 51.4 Å². The van der Waals surface area contributed by atoms with Gasteiger partial charge in [-0.25, -0.2) is 4.57 Å². The number of allylic oxidation sites excluding steroid dienone is 6. The summed E-state index contributed by atoms with van der Waals surface area (Å²) in [6.07, 6.45) is 23.7. The Morgan fingerprint density at radius 2 is 1.59 bits per heavy atom. The average molecular weight is 456 g/mol. The molecular formula is C21H37KO6P. The Labute approximate surface area is 218 Å². The Hall–Kier alpha value is 0.886. The Balaban J connectivity index is 0.00000784. The molecule has 2 atom stereocenters. The van der Waals surface area contributed by atoms with E-state index in [1.54, 1.807) is 0 Å². The minimum Gasteiger partial charge on any atom is -0.350 e. The van der Waals surface area contributed by atoms with Crippen LogP contribution in [0, 0.1) is 0 Å². The number of hydrogen-bond donors (Lipinski definition) is 2. The molecule has 0 aromatic carbocycles. The van der Waals surface area contributed by atoms with E-state index in [0.717, 1.165) is 38.5 Å². The molecule has 1 fully saturated rings. The van der Waals surface area contributed by atoms with E-state index in [4.69, 9.17) is 19.3 Å². The molecule has 1 aliphatic rings. The SMILES string of the molecule is CC=CCC=CCC=CCCCCCCCCC1OCC(COP(=O)(O)O)O1.[K]. The van der Waals surface area contributed by atoms with Gasteiger partial charge in [0.15, 0.2) is 6.29 Å². The van der Waals surface area contributed by atoms with Gasteiger partial charge in [-0.05, 0) is 45.4 Å². The molecule has 163 valence electrons. The van der Waals surface area contributed by atoms with E-state index in [-0.39, 0.29) is 64.3 Å². The van der Waals surface area contributed by atoms with E-state index >= 15 is 0 Å². The maximum Gasteiger partial charge on any atom is 0.469 e. The van der Waals surface area contributed by atoms with Gasteiger partial charge >= 0.3 is 7.82 Å². The van der Waals surface area contributed by atoms with Gasteiger partial charge in [-0.2, -0.15) is 0 Å². The van der Waals surface area contributed by atoms with E-state index in [2.05, 4.69) is 41.0 Å². The van der Waals surface area contributed by atoms with Crippen LogP contribution in [0.4, 0.5) is 0 Å². The molecule has 1 rings (SSSR count). The fourth-order valence-corrected chi connectivity index (χ4v) is 3.27. The van der Waals surface area contributed by atoms with E-state index < -0.39 is 13.9 Å². The van der Waals surface area contributed by atoms with Crippen molar-refractivity contribution in [2.75, 3.05) is 13.2 Å². The maximum atomic E-state index is 10.7. The van der Waals surface area contributed by atoms with Gasteiger partial charge in [-0.1, -0.05) is 62.1 Å². The van der Waals surface area contributed by atoms with Crippen molar-refractivity contribution in [2.24, 2.45) is 0 Å². The minimum absolute atomic E-state index is 0. The first-order chi connectivity index (χ1) is 13.5. The van der Waals surface area contributed by atoms with Crippen LogP contribution in [0.5, 0.6) is 0 Å². The third-order valence-corrected chi connectivity index (χ3v) is 4.90. The van der Waals surface area contributed by atoms with E-state index in [1.807, 2.05) is 6.92 Å². The smallest absolute Gasteiger partial charge is 0.350 e. The van der Waals surface area contributed by atoms with Gasteiger partial charge in [0.25, 0.3) is 0 Å². The minimum atomic E-state index is -4.44. The first kappa shape index (κ1) is 29.9. The van der Waals surface area contributed by atoms with Crippen LogP contribution in [-0.2, 0) is 18.6 Å². The van der Waals surface area contributed by atoms with Gasteiger partial charge in [0.1, 0.15) is 6.10 Å². The van der Waals surface area contributed by atoms with E-state index in [0.29, 0.717) is 6.61 Å². The summed E-state index contributed by atoms with van der Waals surface area (Å²) in [4.78, 5) is 17.4. The fraction of sp³-hybridized carbons (Fsp3) is 0.714. The molecule has 2 N–H and O–H groups in total. The van der Waals surface area contributed by atoms with Gasteiger partial charge in [0.2, 0.25) is 0 Å². The zero-order valence-corrected chi connectivity index (χ0v) is 22.1. The molecule has 1 saturated heterocycles. The van der Waals surface area contributed by atoms with Gasteiger partial charge in [0.05, 0.1) is 13.2 Å². The second-order valence-electron chi connectivity index (χ2n) is 6.99. The predicted molar refractivity (Wildman–Crippen MR) is 118 cm³/mol. The summed E-state index contributed by atoms with van der Waals surface area (Å²) in [5.74, 6) is 0. The summed E-state index contributed by atoms with van der Waals surface area (Å²) in [5, 5.41) is 0. The van der Waals surface area contributed by atoms with Crippen LogP contribution in [0.2, 0.25) is 0 Å². The molecule has 29 heavy (non-hydrogen) atoms. The van der Waals surface area contributed by atoms with Crippen LogP contribution in [0.3, 0.4) is 0 Å². The number of phosphoric ester groups is 1. The summed E-state index contributed by atoms with van der Waals surface area (Å²) >= 11 is 0. The zero-order valence-electron chi connectivity index (χ0n) is 18.1. The van der Waals surface area contributed by atoms with Gasteiger partial charge in [-0.15, -0.1) is 0 Å². The van der Waals surface area contributed by atoms with Crippen molar-refractivity contribution in [1.29, 1.82) is 0 Å². The van der Waals surface area contributed by atoms with Crippen molar-refractivity contribution >= 4 is 59.2 Å². The number of phosphoric acid groups is 1. The fourth-order valence-electron chi connectivity index (χ4n) is 2.91. The average Bonchev–Trinajstić information content (AvgIpc) is 3.10. The first-order valence-electron chi connectivity index (χ1n) is 10.4. The quantitative estimate of drug-likeness (QED) is 0.147. The molecule has 0 saturated carbocycles. The molecule has 1 heterocycles. The van der Waals surface area contributed by atoms with Crippen molar-refractivity contribution in [2.45, 2.75) is 83.5 Å². The van der Waals surface area contributed by atoms with Crippen molar-refractivity contribution < 1.29 is 28.3 Å². The number of hydrogen-bond acceptors (Lipinski definition) is 4. The third kappa shape index (κ3) is 19.3. The molecule has 2 unspecified atom stereocenters. The topological polar surface area (TPSA) is 85.2 Å². The molecule has 0 aromatic heterocycles. The van der Waals surface area contributed by atoms with Crippen LogP contribution in [0.1, 0.15) is 71.1 Å². The molecule has 6 nitrogen and oxygen atoms in total. The van der Waals surface area contributed by atoms with Crippen LogP contribution in [0.25, 0.3) is 0 Å². The number of unbranched alkanes of at least 4 members (excludes halogenated alkanes) is 6. The second-order valence-corrected chi connectivity index (χ2v) is 8.23. The normalized spacial score (nSPS) is 20.2. The zero-order chi connectivity index (χ0) is 20.5. The second kappa shape index (κ2) is 19.6. The standard InChI is InChI=1S/C21H37O6P.K/c1-2-3-4-5-6-7-8-9-10-11-12-13-14-15-16-17-21-25-18-20(27-21)19-26-28(22,23)24;/h2-3,5-6,8-9,20-21H,4,7,10-19H2,1H3,(H2,22,23,24);. The molecule has 0 spiro atoms. The summed E-state index contributed by atoms with van der Waals surface area (Å²) in [5.41, 5.74) is 0. The Morgan fingerprint density at radius 1 is 0.966 bits per heavy atom. The Morgan fingerprint density at radius 3 is 2.28 bits per heavy atom. The largest absolute Gasteiger partial charge is 0.469 e. The number of rotatable bonds is 16. The molecular weight excluding hydrogens is 418 g/mol. The molecule has 0 amide bonds. The molecule has 1 aliphatic heterocycles. The third-order valence-electron chi connectivity index (χ3n) is 4.41. The summed E-state index contributed by atoms with van der Waals surface area (Å²) in [6.45, 7) is 2.23. The predicted octanol–water partition coefficient (Wildman–Crippen LogP) is 5.05. The molecule has 0 aromatic rings. The monoisotopic (exact) mass is 455 g/mol. The molecule has 0 aliphatic carbocycles.